The quantitative estimate of drug-likeness (QED) is 0.385. The highest BCUT2D eigenvalue weighted by Gasteiger charge is 2.32. The summed E-state index contributed by atoms with van der Waals surface area (Å²) in [7, 11) is 0. The molecule has 8 nitrogen and oxygen atoms in total. The number of nitrogens with zero attached hydrogens (tertiary/aromatic N) is 6. The van der Waals surface area contributed by atoms with Crippen LogP contribution < -0.4 is 4.90 Å². The number of furan rings is 1. The number of hydrogen-bond acceptors (Lipinski definition) is 6. The van der Waals surface area contributed by atoms with Gasteiger partial charge in [-0.15, -0.1) is 5.10 Å². The molecule has 0 atom stereocenters. The van der Waals surface area contributed by atoms with Crippen LogP contribution in [-0.4, -0.2) is 57.2 Å². The maximum Gasteiger partial charge on any atom is 0.416 e. The zero-order valence-electron chi connectivity index (χ0n) is 19.0. The normalized spacial score (nSPS) is 14.8. The van der Waals surface area contributed by atoms with Crippen LogP contribution >= 0.6 is 0 Å². The molecule has 11 heteroatoms. The molecule has 5 rings (SSSR count). The number of aromatic nitrogens is 4. The van der Waals surface area contributed by atoms with Crippen LogP contribution in [0, 0.1) is 0 Å². The Bertz CT molecular complexity index is 1360. The van der Waals surface area contributed by atoms with Crippen LogP contribution in [0.3, 0.4) is 0 Å². The molecule has 0 bridgehead atoms. The van der Waals surface area contributed by atoms with Crippen LogP contribution in [0.25, 0.3) is 23.2 Å². The van der Waals surface area contributed by atoms with Crippen LogP contribution in [0.5, 0.6) is 0 Å². The summed E-state index contributed by atoms with van der Waals surface area (Å²) in [6, 6.07) is 17.9. The molecule has 1 amide bonds. The third-order valence-electron chi connectivity index (χ3n) is 5.88. The van der Waals surface area contributed by atoms with E-state index in [-0.39, 0.29) is 11.6 Å². The van der Waals surface area contributed by atoms with Crippen molar-refractivity contribution in [2.45, 2.75) is 6.18 Å². The average molecular weight is 494 g/mol. The van der Waals surface area contributed by atoms with E-state index in [0.717, 1.165) is 17.7 Å². The second-order valence-corrected chi connectivity index (χ2v) is 8.15. The van der Waals surface area contributed by atoms with Crippen LogP contribution in [-0.2, 0) is 11.0 Å². The zero-order chi connectivity index (χ0) is 25.1. The van der Waals surface area contributed by atoms with Gasteiger partial charge < -0.3 is 14.2 Å². The summed E-state index contributed by atoms with van der Waals surface area (Å²) in [6.07, 6.45) is -1.34. The lowest BCUT2D eigenvalue weighted by Gasteiger charge is -2.36. The van der Waals surface area contributed by atoms with Crippen LogP contribution in [0.15, 0.2) is 77.4 Å². The van der Waals surface area contributed by atoms with E-state index in [1.54, 1.807) is 29.2 Å². The van der Waals surface area contributed by atoms with E-state index in [9.17, 15) is 18.0 Å². The van der Waals surface area contributed by atoms with E-state index in [2.05, 4.69) is 15.5 Å². The van der Waals surface area contributed by atoms with Gasteiger partial charge in [0, 0.05) is 43.5 Å². The van der Waals surface area contributed by atoms with Gasteiger partial charge in [0.15, 0.2) is 5.82 Å². The number of carbonyl (C=O) groups is 1. The first-order chi connectivity index (χ1) is 17.4. The van der Waals surface area contributed by atoms with Crippen molar-refractivity contribution in [2.24, 2.45) is 0 Å². The number of halogens is 3. The van der Waals surface area contributed by atoms with Crippen molar-refractivity contribution >= 4 is 23.4 Å². The monoisotopic (exact) mass is 494 g/mol. The number of alkyl halides is 3. The fourth-order valence-corrected chi connectivity index (χ4v) is 4.05. The minimum atomic E-state index is -4.42. The molecule has 2 aromatic carbocycles. The van der Waals surface area contributed by atoms with Crippen molar-refractivity contribution in [2.75, 3.05) is 31.1 Å². The van der Waals surface area contributed by atoms with Gasteiger partial charge in [0.05, 0.1) is 11.8 Å². The first-order valence-corrected chi connectivity index (χ1v) is 11.2. The van der Waals surface area contributed by atoms with E-state index < -0.39 is 11.7 Å². The number of amides is 1. The number of anilines is 1. The Morgan fingerprint density at radius 3 is 2.42 bits per heavy atom. The van der Waals surface area contributed by atoms with Gasteiger partial charge in [0.25, 0.3) is 5.91 Å². The Kier molecular flexibility index (Phi) is 6.28. The van der Waals surface area contributed by atoms with Gasteiger partial charge in [-0.05, 0) is 40.8 Å². The summed E-state index contributed by atoms with van der Waals surface area (Å²) in [6.45, 7) is 1.38. The molecular formula is C25H21F3N6O2. The topological polar surface area (TPSA) is 80.3 Å². The molecule has 36 heavy (non-hydrogen) atoms. The van der Waals surface area contributed by atoms with E-state index in [1.807, 2.05) is 35.2 Å². The third kappa shape index (κ3) is 4.85. The van der Waals surface area contributed by atoms with Crippen LogP contribution in [0.2, 0.25) is 0 Å². The molecule has 3 heterocycles. The molecule has 1 aliphatic heterocycles. The third-order valence-corrected chi connectivity index (χ3v) is 5.88. The molecule has 184 valence electrons. The van der Waals surface area contributed by atoms with Gasteiger partial charge in [0.1, 0.15) is 11.5 Å². The molecule has 0 aliphatic carbocycles. The van der Waals surface area contributed by atoms with Gasteiger partial charge >= 0.3 is 6.18 Å². The number of piperazine rings is 1. The van der Waals surface area contributed by atoms with Crippen molar-refractivity contribution in [3.05, 3.63) is 84.3 Å². The fraction of sp³-hybridized carbons (Fsp3) is 0.200. The molecule has 1 saturated heterocycles. The zero-order valence-corrected chi connectivity index (χ0v) is 19.0. The molecule has 0 saturated carbocycles. The van der Waals surface area contributed by atoms with Gasteiger partial charge in [-0.25, -0.2) is 0 Å². The maximum atomic E-state index is 13.7. The minimum Gasteiger partial charge on any atom is -0.465 e. The standard InChI is InChI=1S/C25H21F3N6O2/c26-25(27,28)19-8-4-9-20(16-19)32-11-13-33(14-12-32)24(35)22(17-21-10-5-15-36-21)34-23(29-30-31-34)18-6-2-1-3-7-18/h1-10,15-17H,11-14H2/b22-17+. The van der Waals surface area contributed by atoms with E-state index in [0.29, 0.717) is 43.5 Å². The Morgan fingerprint density at radius 1 is 0.944 bits per heavy atom. The highest BCUT2D eigenvalue weighted by Crippen LogP contribution is 2.32. The SMILES string of the molecule is O=C(/C(=C\c1ccco1)n1nnnc1-c1ccccc1)N1CCN(c2cccc(C(F)(F)F)c2)CC1. The summed E-state index contributed by atoms with van der Waals surface area (Å²) in [5.41, 5.74) is 0.695. The molecule has 0 radical (unpaired) electrons. The van der Waals surface area contributed by atoms with Crippen molar-refractivity contribution < 1.29 is 22.4 Å². The predicted molar refractivity (Wildman–Crippen MR) is 126 cm³/mol. The Balaban J connectivity index is 1.39. The number of rotatable bonds is 5. The van der Waals surface area contributed by atoms with Crippen molar-refractivity contribution in [1.29, 1.82) is 0 Å². The molecule has 1 fully saturated rings. The maximum absolute atomic E-state index is 13.7. The summed E-state index contributed by atoms with van der Waals surface area (Å²) >= 11 is 0. The Labute approximate surface area is 204 Å². The lowest BCUT2D eigenvalue weighted by atomic mass is 10.1. The lowest BCUT2D eigenvalue weighted by molar-refractivity contribution is -0.137. The number of tetrazole rings is 1. The van der Waals surface area contributed by atoms with Gasteiger partial charge in [-0.3, -0.25) is 4.79 Å². The van der Waals surface area contributed by atoms with Crippen molar-refractivity contribution in [3.63, 3.8) is 0 Å². The molecule has 0 spiro atoms. The molecule has 1 aliphatic rings. The fourth-order valence-electron chi connectivity index (χ4n) is 4.05. The number of benzene rings is 2. The van der Waals surface area contributed by atoms with Crippen molar-refractivity contribution in [1.82, 2.24) is 25.1 Å². The smallest absolute Gasteiger partial charge is 0.416 e. The Hall–Kier alpha value is -4.41. The largest absolute Gasteiger partial charge is 0.465 e. The molecule has 2 aromatic heterocycles. The summed E-state index contributed by atoms with van der Waals surface area (Å²) < 4.78 is 46.2. The minimum absolute atomic E-state index is 0.196. The van der Waals surface area contributed by atoms with Gasteiger partial charge in [-0.1, -0.05) is 36.4 Å². The molecule has 0 N–H and O–H groups in total. The average Bonchev–Trinajstić information content (AvgIpc) is 3.59. The van der Waals surface area contributed by atoms with Gasteiger partial charge in [0.2, 0.25) is 0 Å². The predicted octanol–water partition coefficient (Wildman–Crippen LogP) is 4.30. The first-order valence-electron chi connectivity index (χ1n) is 11.2. The second-order valence-electron chi connectivity index (χ2n) is 8.15. The molecular weight excluding hydrogens is 473 g/mol. The highest BCUT2D eigenvalue weighted by molar-refractivity contribution is 6.18. The number of hydrogen-bond donors (Lipinski definition) is 0. The van der Waals surface area contributed by atoms with Crippen LogP contribution in [0.1, 0.15) is 11.3 Å². The summed E-state index contributed by atoms with van der Waals surface area (Å²) in [5, 5.41) is 11.9. The number of carbonyl (C=O) groups excluding carboxylic acids is 1. The molecule has 0 unspecified atom stereocenters. The van der Waals surface area contributed by atoms with E-state index >= 15 is 0 Å². The van der Waals surface area contributed by atoms with E-state index in [4.69, 9.17) is 4.42 Å². The van der Waals surface area contributed by atoms with Crippen LogP contribution in [0.4, 0.5) is 18.9 Å². The summed E-state index contributed by atoms with van der Waals surface area (Å²) in [5.74, 6) is 0.527. The van der Waals surface area contributed by atoms with E-state index in [1.165, 1.54) is 17.0 Å². The lowest BCUT2D eigenvalue weighted by Crippen LogP contribution is -2.49. The molecule has 4 aromatic rings. The summed E-state index contributed by atoms with van der Waals surface area (Å²) in [4.78, 5) is 17.1. The Morgan fingerprint density at radius 2 is 1.72 bits per heavy atom. The highest BCUT2D eigenvalue weighted by atomic mass is 19.4. The van der Waals surface area contributed by atoms with Gasteiger partial charge in [-0.2, -0.15) is 17.9 Å². The second kappa shape index (κ2) is 9.68. The first kappa shape index (κ1) is 23.3. The van der Waals surface area contributed by atoms with Crippen molar-refractivity contribution in [3.8, 4) is 11.4 Å².